The van der Waals surface area contributed by atoms with Gasteiger partial charge in [0.25, 0.3) is 0 Å². The molecule has 0 unspecified atom stereocenters. The van der Waals surface area contributed by atoms with E-state index in [0.717, 1.165) is 0 Å². The van der Waals surface area contributed by atoms with E-state index in [0.29, 0.717) is 16.9 Å². The lowest BCUT2D eigenvalue weighted by Gasteiger charge is -2.07. The number of hydrogen-bond acceptors (Lipinski definition) is 5. The number of nitro groups is 1. The second kappa shape index (κ2) is 6.05. The molecule has 0 saturated carbocycles. The third kappa shape index (κ3) is 2.93. The van der Waals surface area contributed by atoms with Crippen LogP contribution in [-0.4, -0.2) is 20.6 Å². The highest BCUT2D eigenvalue weighted by Gasteiger charge is 2.22. The molecule has 1 aromatic heterocycles. The summed E-state index contributed by atoms with van der Waals surface area (Å²) in [5, 5.41) is 26.5. The zero-order valence-electron chi connectivity index (χ0n) is 12.0. The van der Waals surface area contributed by atoms with E-state index < -0.39 is 10.8 Å². The number of benzene rings is 1. The molecular formula is C14H13N5O3. The monoisotopic (exact) mass is 299 g/mol. The lowest BCUT2D eigenvalue weighted by molar-refractivity contribution is -0.386. The van der Waals surface area contributed by atoms with E-state index in [4.69, 9.17) is 5.26 Å². The second-order valence-electron chi connectivity index (χ2n) is 4.64. The molecule has 2 aromatic rings. The van der Waals surface area contributed by atoms with Gasteiger partial charge in [-0.2, -0.15) is 10.4 Å². The van der Waals surface area contributed by atoms with Crippen LogP contribution in [0, 0.1) is 35.3 Å². The van der Waals surface area contributed by atoms with Crippen molar-refractivity contribution < 1.29 is 9.72 Å². The molecule has 0 aliphatic rings. The van der Waals surface area contributed by atoms with Crippen molar-refractivity contribution in [2.75, 3.05) is 5.32 Å². The van der Waals surface area contributed by atoms with Gasteiger partial charge in [0, 0.05) is 0 Å². The molecule has 0 spiro atoms. The summed E-state index contributed by atoms with van der Waals surface area (Å²) in [7, 11) is 0. The highest BCUT2D eigenvalue weighted by molar-refractivity contribution is 5.91. The maximum Gasteiger partial charge on any atom is 0.312 e. The molecule has 1 aromatic carbocycles. The van der Waals surface area contributed by atoms with Crippen molar-refractivity contribution in [1.82, 2.24) is 9.78 Å². The van der Waals surface area contributed by atoms with Crippen LogP contribution in [0.2, 0.25) is 0 Å². The molecule has 0 fully saturated rings. The standard InChI is InChI=1S/C14H13N5O3/c1-9-14(19(21)22)10(2)18(17-9)8-13(20)16-12-6-4-3-5-11(12)7-15/h3-6H,8H2,1-2H3,(H,16,20). The Morgan fingerprint density at radius 1 is 1.45 bits per heavy atom. The Labute approximate surface area is 126 Å². The molecule has 112 valence electrons. The van der Waals surface area contributed by atoms with Gasteiger partial charge in [-0.15, -0.1) is 0 Å². The van der Waals surface area contributed by atoms with Crippen molar-refractivity contribution in [1.29, 1.82) is 5.26 Å². The second-order valence-corrected chi connectivity index (χ2v) is 4.64. The number of nitrogens with one attached hydrogen (secondary N) is 1. The fraction of sp³-hybridized carbons (Fsp3) is 0.214. The van der Waals surface area contributed by atoms with E-state index in [9.17, 15) is 14.9 Å². The van der Waals surface area contributed by atoms with Gasteiger partial charge in [-0.05, 0) is 26.0 Å². The van der Waals surface area contributed by atoms with Crippen molar-refractivity contribution >= 4 is 17.3 Å². The Morgan fingerprint density at radius 2 is 2.14 bits per heavy atom. The van der Waals surface area contributed by atoms with Gasteiger partial charge in [0.2, 0.25) is 5.91 Å². The first kappa shape index (κ1) is 15.2. The topological polar surface area (TPSA) is 114 Å². The van der Waals surface area contributed by atoms with E-state index in [-0.39, 0.29) is 17.9 Å². The fourth-order valence-electron chi connectivity index (χ4n) is 2.12. The first-order chi connectivity index (χ1) is 10.4. The van der Waals surface area contributed by atoms with Crippen LogP contribution in [0.3, 0.4) is 0 Å². The zero-order valence-corrected chi connectivity index (χ0v) is 12.0. The first-order valence-corrected chi connectivity index (χ1v) is 6.41. The fourth-order valence-corrected chi connectivity index (χ4v) is 2.12. The number of aryl methyl sites for hydroxylation is 1. The minimum absolute atomic E-state index is 0.0924. The van der Waals surface area contributed by atoms with E-state index in [1.807, 2.05) is 6.07 Å². The van der Waals surface area contributed by atoms with Crippen LogP contribution < -0.4 is 5.32 Å². The van der Waals surface area contributed by atoms with Crippen molar-refractivity contribution in [3.8, 4) is 6.07 Å². The van der Waals surface area contributed by atoms with Gasteiger partial charge < -0.3 is 5.32 Å². The number of rotatable bonds is 4. The number of carbonyl (C=O) groups is 1. The summed E-state index contributed by atoms with van der Waals surface area (Å²) in [6.45, 7) is 2.89. The van der Waals surface area contributed by atoms with E-state index in [1.165, 1.54) is 18.5 Å². The largest absolute Gasteiger partial charge is 0.323 e. The highest BCUT2D eigenvalue weighted by Crippen LogP contribution is 2.21. The van der Waals surface area contributed by atoms with Crippen LogP contribution in [0.25, 0.3) is 0 Å². The van der Waals surface area contributed by atoms with Crippen LogP contribution in [0.5, 0.6) is 0 Å². The Balaban J connectivity index is 2.18. The summed E-state index contributed by atoms with van der Waals surface area (Å²) in [5.41, 5.74) is 1.21. The molecule has 0 aliphatic heterocycles. The summed E-state index contributed by atoms with van der Waals surface area (Å²) < 4.78 is 1.28. The van der Waals surface area contributed by atoms with E-state index in [2.05, 4.69) is 10.4 Å². The van der Waals surface area contributed by atoms with Gasteiger partial charge in [-0.1, -0.05) is 12.1 Å². The molecule has 8 nitrogen and oxygen atoms in total. The first-order valence-electron chi connectivity index (χ1n) is 6.41. The van der Waals surface area contributed by atoms with Gasteiger partial charge in [0.1, 0.15) is 24.0 Å². The number of amides is 1. The average Bonchev–Trinajstić information content (AvgIpc) is 2.73. The molecule has 0 saturated heterocycles. The number of nitriles is 1. The van der Waals surface area contributed by atoms with E-state index >= 15 is 0 Å². The lowest BCUT2D eigenvalue weighted by atomic mass is 10.2. The van der Waals surface area contributed by atoms with Gasteiger partial charge in [-0.25, -0.2) is 0 Å². The maximum atomic E-state index is 12.0. The number of anilines is 1. The van der Waals surface area contributed by atoms with Crippen molar-refractivity contribution in [3.63, 3.8) is 0 Å². The van der Waals surface area contributed by atoms with Crippen molar-refractivity contribution in [2.45, 2.75) is 20.4 Å². The molecule has 8 heteroatoms. The molecule has 2 rings (SSSR count). The van der Waals surface area contributed by atoms with Crippen LogP contribution >= 0.6 is 0 Å². The number of para-hydroxylation sites is 1. The van der Waals surface area contributed by atoms with Crippen molar-refractivity contribution in [3.05, 3.63) is 51.3 Å². The predicted molar refractivity (Wildman–Crippen MR) is 78.1 cm³/mol. The van der Waals surface area contributed by atoms with E-state index in [1.54, 1.807) is 24.3 Å². The highest BCUT2D eigenvalue weighted by atomic mass is 16.6. The van der Waals surface area contributed by atoms with Crippen molar-refractivity contribution in [2.24, 2.45) is 0 Å². The Kier molecular flexibility index (Phi) is 4.18. The van der Waals surface area contributed by atoms with Crippen LogP contribution in [-0.2, 0) is 11.3 Å². The third-order valence-corrected chi connectivity index (χ3v) is 3.14. The Hall–Kier alpha value is -3.21. The summed E-state index contributed by atoms with van der Waals surface area (Å²) in [6, 6.07) is 8.57. The molecule has 0 radical (unpaired) electrons. The quantitative estimate of drug-likeness (QED) is 0.684. The van der Waals surface area contributed by atoms with Gasteiger partial charge in [0.05, 0.1) is 16.2 Å². The Bertz CT molecular complexity index is 788. The number of hydrogen-bond donors (Lipinski definition) is 1. The van der Waals surface area contributed by atoms with Crippen LogP contribution in [0.15, 0.2) is 24.3 Å². The van der Waals surface area contributed by atoms with Gasteiger partial charge in [-0.3, -0.25) is 19.6 Å². The summed E-state index contributed by atoms with van der Waals surface area (Å²) in [5.74, 6) is -0.414. The number of nitrogens with zero attached hydrogens (tertiary/aromatic N) is 4. The normalized spacial score (nSPS) is 10.0. The molecule has 1 N–H and O–H groups in total. The molecule has 1 heterocycles. The molecule has 0 atom stereocenters. The Morgan fingerprint density at radius 3 is 2.73 bits per heavy atom. The number of aromatic nitrogens is 2. The number of carbonyl (C=O) groups excluding carboxylic acids is 1. The summed E-state index contributed by atoms with van der Waals surface area (Å²) >= 11 is 0. The minimum atomic E-state index is -0.517. The van der Waals surface area contributed by atoms with Gasteiger partial charge in [0.15, 0.2) is 0 Å². The SMILES string of the molecule is Cc1nn(CC(=O)Nc2ccccc2C#N)c(C)c1[N+](=O)[O-]. The van der Waals surface area contributed by atoms with Crippen LogP contribution in [0.4, 0.5) is 11.4 Å². The molecule has 1 amide bonds. The average molecular weight is 299 g/mol. The third-order valence-electron chi connectivity index (χ3n) is 3.14. The lowest BCUT2D eigenvalue weighted by Crippen LogP contribution is -2.20. The molecule has 22 heavy (non-hydrogen) atoms. The molecular weight excluding hydrogens is 286 g/mol. The molecule has 0 aliphatic carbocycles. The smallest absolute Gasteiger partial charge is 0.312 e. The van der Waals surface area contributed by atoms with Crippen LogP contribution in [0.1, 0.15) is 17.0 Å². The maximum absolute atomic E-state index is 12.0. The molecule has 0 bridgehead atoms. The summed E-state index contributed by atoms with van der Waals surface area (Å²) in [6.07, 6.45) is 0. The predicted octanol–water partition coefficient (Wildman–Crippen LogP) is 1.92. The zero-order chi connectivity index (χ0) is 16.3. The van der Waals surface area contributed by atoms with Gasteiger partial charge >= 0.3 is 5.69 Å². The summed E-state index contributed by atoms with van der Waals surface area (Å²) in [4.78, 5) is 22.5. The minimum Gasteiger partial charge on any atom is -0.323 e.